The van der Waals surface area contributed by atoms with Gasteiger partial charge in [-0.2, -0.15) is 0 Å². The summed E-state index contributed by atoms with van der Waals surface area (Å²) in [7, 11) is -2.51. The van der Waals surface area contributed by atoms with E-state index in [9.17, 15) is 8.42 Å². The lowest BCUT2D eigenvalue weighted by Gasteiger charge is -2.22. The van der Waals surface area contributed by atoms with Crippen molar-refractivity contribution in [1.29, 1.82) is 0 Å². The number of sulfonamides is 1. The molecule has 0 atom stereocenters. The molecule has 0 radical (unpaired) electrons. The summed E-state index contributed by atoms with van der Waals surface area (Å²) in [5.74, 6) is 1.73. The van der Waals surface area contributed by atoms with Crippen LogP contribution in [0.4, 0.5) is 5.82 Å². The Morgan fingerprint density at radius 1 is 1.00 bits per heavy atom. The van der Waals surface area contributed by atoms with Crippen molar-refractivity contribution in [3.8, 4) is 22.2 Å². The standard InChI is InChI=1S/C22H17N5O4S2/c1-26(33(28,29)14-8-9-17-18(13-14)31-11-10-30-17)21-22-25-24-20(19-7-4-12-32-19)27(22)16-6-3-2-5-15(16)23-21/h2-9,12-13H,10-11H2,1H3. The van der Waals surface area contributed by atoms with Gasteiger partial charge in [-0.3, -0.25) is 4.40 Å². The molecule has 1 aliphatic heterocycles. The highest BCUT2D eigenvalue weighted by atomic mass is 32.2. The lowest BCUT2D eigenvalue weighted by Crippen LogP contribution is -2.28. The normalized spacial score (nSPS) is 13.5. The molecule has 4 heterocycles. The zero-order valence-corrected chi connectivity index (χ0v) is 19.0. The molecule has 0 spiro atoms. The van der Waals surface area contributed by atoms with Gasteiger partial charge in [0.05, 0.1) is 20.8 Å². The van der Waals surface area contributed by atoms with Crippen LogP contribution in [-0.2, 0) is 10.0 Å². The number of benzene rings is 2. The molecule has 33 heavy (non-hydrogen) atoms. The first-order valence-electron chi connectivity index (χ1n) is 10.1. The fraction of sp³-hybridized carbons (Fsp3) is 0.136. The highest BCUT2D eigenvalue weighted by molar-refractivity contribution is 7.92. The minimum atomic E-state index is -3.97. The van der Waals surface area contributed by atoms with Gasteiger partial charge >= 0.3 is 0 Å². The second kappa shape index (κ2) is 7.42. The number of hydrogen-bond acceptors (Lipinski definition) is 8. The van der Waals surface area contributed by atoms with Crippen molar-refractivity contribution in [3.63, 3.8) is 0 Å². The molecule has 166 valence electrons. The van der Waals surface area contributed by atoms with E-state index in [4.69, 9.17) is 9.47 Å². The monoisotopic (exact) mass is 479 g/mol. The number of nitrogens with zero attached hydrogens (tertiary/aromatic N) is 5. The average molecular weight is 480 g/mol. The molecule has 9 nitrogen and oxygen atoms in total. The average Bonchev–Trinajstić information content (AvgIpc) is 3.53. The van der Waals surface area contributed by atoms with Gasteiger partial charge in [0, 0.05) is 13.1 Å². The molecule has 0 aliphatic carbocycles. The summed E-state index contributed by atoms with van der Waals surface area (Å²) in [6, 6.07) is 16.0. The maximum absolute atomic E-state index is 13.6. The van der Waals surface area contributed by atoms with Crippen LogP contribution in [0.2, 0.25) is 0 Å². The predicted octanol–water partition coefficient (Wildman–Crippen LogP) is 3.60. The number of thiophene rings is 1. The highest BCUT2D eigenvalue weighted by Gasteiger charge is 2.28. The molecule has 0 fully saturated rings. The SMILES string of the molecule is CN(c1nc2ccccc2n2c(-c3cccs3)nnc12)S(=O)(=O)c1ccc2c(c1)OCCO2. The summed E-state index contributed by atoms with van der Waals surface area (Å²) in [6.07, 6.45) is 0. The molecule has 0 unspecified atom stereocenters. The zero-order chi connectivity index (χ0) is 22.6. The molecule has 11 heteroatoms. The highest BCUT2D eigenvalue weighted by Crippen LogP contribution is 2.35. The third kappa shape index (κ3) is 3.11. The number of aromatic nitrogens is 4. The van der Waals surface area contributed by atoms with E-state index >= 15 is 0 Å². The molecule has 0 N–H and O–H groups in total. The Bertz CT molecular complexity index is 1610. The topological polar surface area (TPSA) is 98.9 Å². The van der Waals surface area contributed by atoms with Crippen LogP contribution >= 0.6 is 11.3 Å². The molecule has 3 aromatic heterocycles. The minimum absolute atomic E-state index is 0.0698. The third-order valence-electron chi connectivity index (χ3n) is 5.42. The van der Waals surface area contributed by atoms with Gasteiger partial charge in [0.2, 0.25) is 5.65 Å². The molecule has 2 aromatic carbocycles. The van der Waals surface area contributed by atoms with E-state index in [0.29, 0.717) is 41.7 Å². The van der Waals surface area contributed by atoms with Gasteiger partial charge in [-0.1, -0.05) is 18.2 Å². The number of fused-ring (bicyclic) bond motifs is 4. The van der Waals surface area contributed by atoms with Crippen molar-refractivity contribution in [2.45, 2.75) is 4.90 Å². The Kier molecular flexibility index (Phi) is 4.49. The van der Waals surface area contributed by atoms with Crippen molar-refractivity contribution in [2.75, 3.05) is 24.6 Å². The molecular weight excluding hydrogens is 462 g/mol. The van der Waals surface area contributed by atoms with Crippen LogP contribution < -0.4 is 13.8 Å². The minimum Gasteiger partial charge on any atom is -0.486 e. The van der Waals surface area contributed by atoms with Gasteiger partial charge < -0.3 is 9.47 Å². The van der Waals surface area contributed by atoms with Crippen molar-refractivity contribution >= 4 is 43.9 Å². The van der Waals surface area contributed by atoms with Crippen molar-refractivity contribution in [2.24, 2.45) is 0 Å². The van der Waals surface area contributed by atoms with Crippen molar-refractivity contribution < 1.29 is 17.9 Å². The number of para-hydroxylation sites is 2. The van der Waals surface area contributed by atoms with Crippen molar-refractivity contribution in [1.82, 2.24) is 19.6 Å². The van der Waals surface area contributed by atoms with Gasteiger partial charge in [-0.25, -0.2) is 17.7 Å². The summed E-state index contributed by atoms with van der Waals surface area (Å²) in [4.78, 5) is 5.64. The Hall–Kier alpha value is -3.70. The van der Waals surface area contributed by atoms with E-state index in [1.807, 2.05) is 46.2 Å². The number of ether oxygens (including phenoxy) is 2. The number of hydrogen-bond donors (Lipinski definition) is 0. The van der Waals surface area contributed by atoms with Gasteiger partial charge in [0.25, 0.3) is 10.0 Å². The van der Waals surface area contributed by atoms with E-state index in [0.717, 1.165) is 14.7 Å². The summed E-state index contributed by atoms with van der Waals surface area (Å²) in [6.45, 7) is 0.794. The Balaban J connectivity index is 1.55. The smallest absolute Gasteiger partial charge is 0.265 e. The van der Waals surface area contributed by atoms with Gasteiger partial charge in [0.1, 0.15) is 13.2 Å². The lowest BCUT2D eigenvalue weighted by molar-refractivity contribution is 0.171. The Labute approximate surface area is 192 Å². The fourth-order valence-electron chi connectivity index (χ4n) is 3.80. The molecule has 0 saturated heterocycles. The second-order valence-corrected chi connectivity index (χ2v) is 10.3. The summed E-state index contributed by atoms with van der Waals surface area (Å²) >= 11 is 1.53. The fourth-order valence-corrected chi connectivity index (χ4v) is 5.66. The van der Waals surface area contributed by atoms with Gasteiger partial charge in [-0.15, -0.1) is 21.5 Å². The lowest BCUT2D eigenvalue weighted by atomic mass is 10.3. The van der Waals surface area contributed by atoms with Crippen LogP contribution in [-0.4, -0.2) is 48.3 Å². The van der Waals surface area contributed by atoms with Crippen LogP contribution in [0, 0.1) is 0 Å². The zero-order valence-electron chi connectivity index (χ0n) is 17.4. The maximum atomic E-state index is 13.6. The molecule has 0 amide bonds. The summed E-state index contributed by atoms with van der Waals surface area (Å²) in [5, 5.41) is 10.7. The van der Waals surface area contributed by atoms with E-state index < -0.39 is 10.0 Å². The van der Waals surface area contributed by atoms with Gasteiger partial charge in [-0.05, 0) is 35.7 Å². The number of anilines is 1. The Morgan fingerprint density at radius 3 is 2.64 bits per heavy atom. The largest absolute Gasteiger partial charge is 0.486 e. The predicted molar refractivity (Wildman–Crippen MR) is 125 cm³/mol. The van der Waals surface area contributed by atoms with Crippen LogP contribution in [0.3, 0.4) is 0 Å². The van der Waals surface area contributed by atoms with Crippen LogP contribution in [0.1, 0.15) is 0 Å². The quantitative estimate of drug-likeness (QED) is 0.388. The third-order valence-corrected chi connectivity index (χ3v) is 8.03. The molecule has 0 bridgehead atoms. The van der Waals surface area contributed by atoms with Crippen LogP contribution in [0.25, 0.3) is 27.4 Å². The molecule has 1 aliphatic rings. The first kappa shape index (κ1) is 19.9. The summed E-state index contributed by atoms with van der Waals surface area (Å²) < 4.78 is 41.2. The second-order valence-electron chi connectivity index (χ2n) is 7.36. The van der Waals surface area contributed by atoms with E-state index in [-0.39, 0.29) is 10.7 Å². The first-order valence-corrected chi connectivity index (χ1v) is 12.4. The van der Waals surface area contributed by atoms with Crippen LogP contribution in [0.5, 0.6) is 11.5 Å². The van der Waals surface area contributed by atoms with E-state index in [1.165, 1.54) is 30.5 Å². The number of rotatable bonds is 4. The summed E-state index contributed by atoms with van der Waals surface area (Å²) in [5.41, 5.74) is 1.76. The van der Waals surface area contributed by atoms with Gasteiger partial charge in [0.15, 0.2) is 23.1 Å². The first-order chi connectivity index (χ1) is 16.0. The van der Waals surface area contributed by atoms with Crippen molar-refractivity contribution in [3.05, 3.63) is 60.0 Å². The molecule has 6 rings (SSSR count). The van der Waals surface area contributed by atoms with E-state index in [1.54, 1.807) is 6.07 Å². The Morgan fingerprint density at radius 2 is 1.82 bits per heavy atom. The molecular formula is C22H17N5O4S2. The van der Waals surface area contributed by atoms with Crippen LogP contribution in [0.15, 0.2) is 64.9 Å². The molecule has 0 saturated carbocycles. The van der Waals surface area contributed by atoms with E-state index in [2.05, 4.69) is 15.2 Å². The maximum Gasteiger partial charge on any atom is 0.265 e. The molecule has 5 aromatic rings.